The van der Waals surface area contributed by atoms with Crippen LogP contribution in [0.15, 0.2) is 30.9 Å². The molecule has 1 saturated heterocycles. The van der Waals surface area contributed by atoms with Gasteiger partial charge in [-0.15, -0.1) is 0 Å². The van der Waals surface area contributed by atoms with Gasteiger partial charge >= 0.3 is 0 Å². The standard InChI is InChI=1S/C16H20N4O2/c1-11-9-17-4-3-12(11)7-15(21)20-10-13(22-2)8-14(20)16-18-5-6-19-16/h3-6,9,13-14H,7-8,10H2,1-2H3,(H,18,19)/t13-,14?/m1/s1. The highest BCUT2D eigenvalue weighted by Gasteiger charge is 2.37. The van der Waals surface area contributed by atoms with Crippen molar-refractivity contribution in [2.24, 2.45) is 0 Å². The summed E-state index contributed by atoms with van der Waals surface area (Å²) in [6.45, 7) is 2.58. The molecule has 2 aromatic heterocycles. The number of pyridine rings is 1. The predicted molar refractivity (Wildman–Crippen MR) is 81.1 cm³/mol. The van der Waals surface area contributed by atoms with Gasteiger partial charge in [0.25, 0.3) is 0 Å². The van der Waals surface area contributed by atoms with Gasteiger partial charge in [-0.05, 0) is 24.1 Å². The molecule has 1 fully saturated rings. The molecule has 0 radical (unpaired) electrons. The van der Waals surface area contributed by atoms with Crippen molar-refractivity contribution in [2.75, 3.05) is 13.7 Å². The Kier molecular flexibility index (Phi) is 4.20. The van der Waals surface area contributed by atoms with E-state index in [2.05, 4.69) is 15.0 Å². The van der Waals surface area contributed by atoms with E-state index in [4.69, 9.17) is 4.74 Å². The molecule has 3 rings (SSSR count). The molecule has 6 nitrogen and oxygen atoms in total. The van der Waals surface area contributed by atoms with Crippen molar-refractivity contribution in [2.45, 2.75) is 31.9 Å². The van der Waals surface area contributed by atoms with Crippen LogP contribution in [0.5, 0.6) is 0 Å². The number of aryl methyl sites for hydroxylation is 1. The molecule has 0 spiro atoms. The van der Waals surface area contributed by atoms with Crippen LogP contribution in [0.1, 0.15) is 29.4 Å². The number of hydrogen-bond acceptors (Lipinski definition) is 4. The van der Waals surface area contributed by atoms with E-state index < -0.39 is 0 Å². The third kappa shape index (κ3) is 2.87. The van der Waals surface area contributed by atoms with Gasteiger partial charge < -0.3 is 14.6 Å². The highest BCUT2D eigenvalue weighted by Crippen LogP contribution is 2.32. The third-order valence-electron chi connectivity index (χ3n) is 4.23. The quantitative estimate of drug-likeness (QED) is 0.932. The average molecular weight is 300 g/mol. The van der Waals surface area contributed by atoms with Crippen molar-refractivity contribution in [3.8, 4) is 0 Å². The number of amides is 1. The molecular weight excluding hydrogens is 280 g/mol. The number of nitrogens with one attached hydrogen (secondary N) is 1. The summed E-state index contributed by atoms with van der Waals surface area (Å²) in [5.41, 5.74) is 2.05. The first-order valence-corrected chi connectivity index (χ1v) is 7.40. The van der Waals surface area contributed by atoms with Gasteiger partial charge in [-0.25, -0.2) is 4.98 Å². The number of hydrogen-bond donors (Lipinski definition) is 1. The van der Waals surface area contributed by atoms with E-state index in [1.54, 1.807) is 31.9 Å². The third-order valence-corrected chi connectivity index (χ3v) is 4.23. The van der Waals surface area contributed by atoms with Gasteiger partial charge in [-0.3, -0.25) is 9.78 Å². The number of rotatable bonds is 4. The van der Waals surface area contributed by atoms with Gasteiger partial charge in [0.2, 0.25) is 5.91 Å². The zero-order valence-corrected chi connectivity index (χ0v) is 12.8. The molecule has 1 aliphatic heterocycles. The molecule has 0 aromatic carbocycles. The fourth-order valence-electron chi connectivity index (χ4n) is 2.93. The molecule has 1 unspecified atom stereocenters. The van der Waals surface area contributed by atoms with E-state index in [1.165, 1.54) is 0 Å². The van der Waals surface area contributed by atoms with E-state index in [-0.39, 0.29) is 18.1 Å². The molecule has 3 heterocycles. The number of ether oxygens (including phenoxy) is 1. The molecule has 1 aliphatic rings. The van der Waals surface area contributed by atoms with Crippen LogP contribution < -0.4 is 0 Å². The second kappa shape index (κ2) is 6.27. The van der Waals surface area contributed by atoms with Crippen LogP contribution in [0.4, 0.5) is 0 Å². The number of carbonyl (C=O) groups excluding carboxylic acids is 1. The van der Waals surface area contributed by atoms with Gasteiger partial charge in [0, 0.05) is 44.9 Å². The second-order valence-corrected chi connectivity index (χ2v) is 5.61. The number of nitrogens with zero attached hydrogens (tertiary/aromatic N) is 3. The Morgan fingerprint density at radius 1 is 1.50 bits per heavy atom. The van der Waals surface area contributed by atoms with Gasteiger partial charge in [0.15, 0.2) is 0 Å². The highest BCUT2D eigenvalue weighted by atomic mass is 16.5. The smallest absolute Gasteiger partial charge is 0.227 e. The Balaban J connectivity index is 1.79. The fourth-order valence-corrected chi connectivity index (χ4v) is 2.93. The Morgan fingerprint density at radius 3 is 3.05 bits per heavy atom. The topological polar surface area (TPSA) is 71.1 Å². The van der Waals surface area contributed by atoms with Gasteiger partial charge in [-0.2, -0.15) is 0 Å². The van der Waals surface area contributed by atoms with Gasteiger partial charge in [0.1, 0.15) is 5.82 Å². The number of aromatic nitrogens is 3. The Morgan fingerprint density at radius 2 is 2.36 bits per heavy atom. The normalized spacial score (nSPS) is 21.3. The lowest BCUT2D eigenvalue weighted by Crippen LogP contribution is -2.33. The Hall–Kier alpha value is -2.21. The molecule has 0 aliphatic carbocycles. The van der Waals surface area contributed by atoms with Crippen LogP contribution >= 0.6 is 0 Å². The van der Waals surface area contributed by atoms with Crippen LogP contribution in [0, 0.1) is 6.92 Å². The van der Waals surface area contributed by atoms with Crippen molar-refractivity contribution in [1.82, 2.24) is 19.9 Å². The van der Waals surface area contributed by atoms with E-state index >= 15 is 0 Å². The first-order chi connectivity index (χ1) is 10.7. The summed E-state index contributed by atoms with van der Waals surface area (Å²) in [5.74, 6) is 0.912. The molecule has 0 saturated carbocycles. The minimum absolute atomic E-state index is 0.0467. The molecular formula is C16H20N4O2. The van der Waals surface area contributed by atoms with Crippen LogP contribution in [-0.4, -0.2) is 45.5 Å². The predicted octanol–water partition coefficient (Wildman–Crippen LogP) is 1.64. The minimum atomic E-state index is -0.0467. The van der Waals surface area contributed by atoms with Crippen LogP contribution in [0.25, 0.3) is 0 Å². The maximum absolute atomic E-state index is 12.7. The van der Waals surface area contributed by atoms with Crippen molar-refractivity contribution >= 4 is 5.91 Å². The summed E-state index contributed by atoms with van der Waals surface area (Å²) in [5, 5.41) is 0. The SMILES string of the molecule is CO[C@@H]1CC(c2ncc[nH]2)N(C(=O)Cc2ccncc2C)C1. The maximum Gasteiger partial charge on any atom is 0.227 e. The zero-order chi connectivity index (χ0) is 15.5. The summed E-state index contributed by atoms with van der Waals surface area (Å²) in [7, 11) is 1.69. The average Bonchev–Trinajstić information content (AvgIpc) is 3.18. The minimum Gasteiger partial charge on any atom is -0.380 e. The summed E-state index contributed by atoms with van der Waals surface area (Å²) in [4.78, 5) is 26.1. The van der Waals surface area contributed by atoms with Crippen molar-refractivity contribution in [3.63, 3.8) is 0 Å². The molecule has 1 N–H and O–H groups in total. The van der Waals surface area contributed by atoms with Gasteiger partial charge in [0.05, 0.1) is 18.6 Å². The zero-order valence-electron chi connectivity index (χ0n) is 12.8. The first kappa shape index (κ1) is 14.7. The lowest BCUT2D eigenvalue weighted by atomic mass is 10.1. The van der Waals surface area contributed by atoms with E-state index in [0.29, 0.717) is 13.0 Å². The lowest BCUT2D eigenvalue weighted by molar-refractivity contribution is -0.131. The summed E-state index contributed by atoms with van der Waals surface area (Å²) in [6, 6.07) is 1.86. The largest absolute Gasteiger partial charge is 0.380 e. The molecule has 0 bridgehead atoms. The number of aromatic amines is 1. The second-order valence-electron chi connectivity index (χ2n) is 5.61. The molecule has 2 atom stereocenters. The van der Waals surface area contributed by atoms with Gasteiger partial charge in [-0.1, -0.05) is 0 Å². The molecule has 22 heavy (non-hydrogen) atoms. The Bertz CT molecular complexity index is 641. The maximum atomic E-state index is 12.7. The summed E-state index contributed by atoms with van der Waals surface area (Å²) in [6.07, 6.45) is 8.21. The number of carbonyl (C=O) groups is 1. The molecule has 116 valence electrons. The van der Waals surface area contributed by atoms with E-state index in [9.17, 15) is 4.79 Å². The molecule has 6 heteroatoms. The lowest BCUT2D eigenvalue weighted by Gasteiger charge is -2.23. The number of likely N-dealkylation sites (tertiary alicyclic amines) is 1. The van der Waals surface area contributed by atoms with Crippen LogP contribution in [0.2, 0.25) is 0 Å². The van der Waals surface area contributed by atoms with Crippen molar-refractivity contribution in [1.29, 1.82) is 0 Å². The Labute approximate surface area is 129 Å². The number of methoxy groups -OCH3 is 1. The summed E-state index contributed by atoms with van der Waals surface area (Å²) >= 11 is 0. The van der Waals surface area contributed by atoms with E-state index in [1.807, 2.05) is 17.9 Å². The van der Waals surface area contributed by atoms with Crippen LogP contribution in [-0.2, 0) is 16.0 Å². The van der Waals surface area contributed by atoms with Crippen molar-refractivity contribution in [3.05, 3.63) is 47.8 Å². The highest BCUT2D eigenvalue weighted by molar-refractivity contribution is 5.79. The summed E-state index contributed by atoms with van der Waals surface area (Å²) < 4.78 is 5.45. The van der Waals surface area contributed by atoms with E-state index in [0.717, 1.165) is 23.4 Å². The molecule has 2 aromatic rings. The first-order valence-electron chi connectivity index (χ1n) is 7.40. The van der Waals surface area contributed by atoms with Crippen LogP contribution in [0.3, 0.4) is 0 Å². The monoisotopic (exact) mass is 300 g/mol. The number of imidazole rings is 1. The molecule has 1 amide bonds. The number of H-pyrrole nitrogens is 1. The van der Waals surface area contributed by atoms with Crippen molar-refractivity contribution < 1.29 is 9.53 Å². The fraction of sp³-hybridized carbons (Fsp3) is 0.438.